The second-order valence-corrected chi connectivity index (χ2v) is 7.67. The van der Waals surface area contributed by atoms with Crippen LogP contribution in [0.5, 0.6) is 0 Å². The van der Waals surface area contributed by atoms with Gasteiger partial charge in [0.15, 0.2) is 0 Å². The third kappa shape index (κ3) is 6.97. The van der Waals surface area contributed by atoms with Gasteiger partial charge in [0.1, 0.15) is 5.82 Å². The van der Waals surface area contributed by atoms with E-state index in [0.29, 0.717) is 11.0 Å². The molecule has 0 heterocycles. The van der Waals surface area contributed by atoms with Crippen LogP contribution >= 0.6 is 27.7 Å². The van der Waals surface area contributed by atoms with Gasteiger partial charge in [0, 0.05) is 22.3 Å². The molecular weight excluding hydrogens is 433 g/mol. The standard InChI is InChI=1S/C19H21BrFN3O2S/c1-24(12-19(26)23-16-5-3-4-6-17(16)27-2)10-9-18(25)22-15-8-7-13(20)11-14(15)21/h3-8,11H,9-10,12H2,1-2H3,(H,22,25)(H,23,26). The summed E-state index contributed by atoms with van der Waals surface area (Å²) in [5, 5.41) is 5.41. The summed E-state index contributed by atoms with van der Waals surface area (Å²) in [5.41, 5.74) is 0.907. The Balaban J connectivity index is 1.78. The van der Waals surface area contributed by atoms with Crippen LogP contribution in [0.2, 0.25) is 0 Å². The highest BCUT2D eigenvalue weighted by Gasteiger charge is 2.12. The van der Waals surface area contributed by atoms with Crippen LogP contribution in [0.4, 0.5) is 15.8 Å². The molecule has 0 saturated carbocycles. The molecule has 0 fully saturated rings. The van der Waals surface area contributed by atoms with Crippen molar-refractivity contribution in [2.24, 2.45) is 0 Å². The number of amides is 2. The van der Waals surface area contributed by atoms with Crippen LogP contribution in [-0.4, -0.2) is 43.1 Å². The summed E-state index contributed by atoms with van der Waals surface area (Å²) in [7, 11) is 1.76. The van der Waals surface area contributed by atoms with E-state index in [-0.39, 0.29) is 30.5 Å². The molecular formula is C19H21BrFN3O2S. The van der Waals surface area contributed by atoms with Gasteiger partial charge in [-0.2, -0.15) is 0 Å². The lowest BCUT2D eigenvalue weighted by Crippen LogP contribution is -2.32. The maximum atomic E-state index is 13.7. The first kappa shape index (κ1) is 21.4. The third-order valence-electron chi connectivity index (χ3n) is 3.72. The minimum Gasteiger partial charge on any atom is -0.324 e. The number of rotatable bonds is 8. The molecule has 2 amide bonds. The highest BCUT2D eigenvalue weighted by Crippen LogP contribution is 2.24. The van der Waals surface area contributed by atoms with E-state index >= 15 is 0 Å². The van der Waals surface area contributed by atoms with Crippen LogP contribution in [0.25, 0.3) is 0 Å². The fourth-order valence-corrected chi connectivity index (χ4v) is 3.24. The van der Waals surface area contributed by atoms with Crippen molar-refractivity contribution in [2.75, 3.05) is 37.0 Å². The smallest absolute Gasteiger partial charge is 0.238 e. The molecule has 8 heteroatoms. The normalized spacial score (nSPS) is 10.7. The van der Waals surface area contributed by atoms with E-state index < -0.39 is 5.82 Å². The molecule has 0 aliphatic rings. The Kier molecular flexibility index (Phi) is 8.27. The van der Waals surface area contributed by atoms with Gasteiger partial charge in [-0.25, -0.2) is 4.39 Å². The predicted octanol–water partition coefficient (Wildman–Crippen LogP) is 4.21. The SMILES string of the molecule is CSc1ccccc1NC(=O)CN(C)CCC(=O)Nc1ccc(Br)cc1F. The second kappa shape index (κ2) is 10.4. The lowest BCUT2D eigenvalue weighted by molar-refractivity contribution is -0.119. The van der Waals surface area contributed by atoms with E-state index in [1.807, 2.05) is 30.5 Å². The number of hydrogen-bond acceptors (Lipinski definition) is 4. The molecule has 0 radical (unpaired) electrons. The van der Waals surface area contributed by atoms with Crippen LogP contribution in [0.1, 0.15) is 6.42 Å². The number of hydrogen-bond donors (Lipinski definition) is 2. The summed E-state index contributed by atoms with van der Waals surface area (Å²) in [6.07, 6.45) is 2.10. The summed E-state index contributed by atoms with van der Waals surface area (Å²) in [5.74, 6) is -0.965. The molecule has 2 aromatic rings. The molecule has 2 N–H and O–H groups in total. The van der Waals surface area contributed by atoms with Crippen LogP contribution in [0, 0.1) is 5.82 Å². The van der Waals surface area contributed by atoms with Crippen molar-refractivity contribution in [1.29, 1.82) is 0 Å². The lowest BCUT2D eigenvalue weighted by atomic mass is 10.3. The molecule has 0 aliphatic heterocycles. The largest absolute Gasteiger partial charge is 0.324 e. The number of para-hydroxylation sites is 1. The van der Waals surface area contributed by atoms with Crippen molar-refractivity contribution in [3.8, 4) is 0 Å². The van der Waals surface area contributed by atoms with Gasteiger partial charge in [-0.3, -0.25) is 14.5 Å². The summed E-state index contributed by atoms with van der Waals surface area (Å²) in [6.45, 7) is 0.532. The van der Waals surface area contributed by atoms with E-state index in [9.17, 15) is 14.0 Å². The Labute approximate surface area is 170 Å². The molecule has 0 saturated heterocycles. The Hall–Kier alpha value is -1.90. The van der Waals surface area contributed by atoms with E-state index in [1.165, 1.54) is 12.1 Å². The lowest BCUT2D eigenvalue weighted by Gasteiger charge is -2.17. The minimum atomic E-state index is -0.502. The summed E-state index contributed by atoms with van der Waals surface area (Å²) >= 11 is 4.73. The van der Waals surface area contributed by atoms with Gasteiger partial charge in [0.05, 0.1) is 17.9 Å². The first-order valence-electron chi connectivity index (χ1n) is 8.25. The molecule has 0 aromatic heterocycles. The van der Waals surface area contributed by atoms with E-state index in [2.05, 4.69) is 26.6 Å². The average Bonchev–Trinajstić information content (AvgIpc) is 2.62. The number of anilines is 2. The van der Waals surface area contributed by atoms with Crippen molar-refractivity contribution < 1.29 is 14.0 Å². The van der Waals surface area contributed by atoms with Crippen LogP contribution in [0.15, 0.2) is 51.8 Å². The van der Waals surface area contributed by atoms with Gasteiger partial charge in [-0.15, -0.1) is 11.8 Å². The zero-order valence-electron chi connectivity index (χ0n) is 15.1. The van der Waals surface area contributed by atoms with Gasteiger partial charge in [0.25, 0.3) is 0 Å². The molecule has 144 valence electrons. The maximum Gasteiger partial charge on any atom is 0.238 e. The molecule has 0 aliphatic carbocycles. The maximum absolute atomic E-state index is 13.7. The van der Waals surface area contributed by atoms with Gasteiger partial charge < -0.3 is 10.6 Å². The molecule has 2 aromatic carbocycles. The van der Waals surface area contributed by atoms with E-state index in [1.54, 1.807) is 29.8 Å². The quantitative estimate of drug-likeness (QED) is 0.587. The number of halogens is 2. The number of nitrogens with one attached hydrogen (secondary N) is 2. The monoisotopic (exact) mass is 453 g/mol. The number of carbonyl (C=O) groups is 2. The number of thioether (sulfide) groups is 1. The Morgan fingerprint density at radius 2 is 1.81 bits per heavy atom. The molecule has 27 heavy (non-hydrogen) atoms. The molecule has 5 nitrogen and oxygen atoms in total. The molecule has 0 unspecified atom stereocenters. The highest BCUT2D eigenvalue weighted by atomic mass is 79.9. The molecule has 0 bridgehead atoms. The van der Waals surface area contributed by atoms with Crippen LogP contribution in [0.3, 0.4) is 0 Å². The topological polar surface area (TPSA) is 61.4 Å². The first-order chi connectivity index (χ1) is 12.9. The van der Waals surface area contributed by atoms with Gasteiger partial charge in [-0.05, 0) is 43.6 Å². The number of carbonyl (C=O) groups excluding carboxylic acids is 2. The summed E-state index contributed by atoms with van der Waals surface area (Å²) in [6, 6.07) is 12.0. The fourth-order valence-electron chi connectivity index (χ4n) is 2.36. The van der Waals surface area contributed by atoms with Crippen molar-refractivity contribution in [1.82, 2.24) is 4.90 Å². The zero-order valence-corrected chi connectivity index (χ0v) is 17.5. The Morgan fingerprint density at radius 1 is 1.11 bits per heavy atom. The zero-order chi connectivity index (χ0) is 19.8. The van der Waals surface area contributed by atoms with Crippen LogP contribution in [-0.2, 0) is 9.59 Å². The van der Waals surface area contributed by atoms with E-state index in [4.69, 9.17) is 0 Å². The number of benzene rings is 2. The third-order valence-corrected chi connectivity index (χ3v) is 5.01. The minimum absolute atomic E-state index is 0.136. The first-order valence-corrected chi connectivity index (χ1v) is 10.3. The molecule has 2 rings (SSSR count). The molecule has 0 spiro atoms. The summed E-state index contributed by atoms with van der Waals surface area (Å²) in [4.78, 5) is 26.9. The molecule has 0 atom stereocenters. The number of nitrogens with zero attached hydrogens (tertiary/aromatic N) is 1. The van der Waals surface area contributed by atoms with Crippen LogP contribution < -0.4 is 10.6 Å². The Bertz CT molecular complexity index is 819. The van der Waals surface area contributed by atoms with E-state index in [0.717, 1.165) is 10.6 Å². The van der Waals surface area contributed by atoms with Crippen molar-refractivity contribution in [3.63, 3.8) is 0 Å². The summed E-state index contributed by atoms with van der Waals surface area (Å²) < 4.78 is 14.3. The second-order valence-electron chi connectivity index (χ2n) is 5.91. The van der Waals surface area contributed by atoms with Crippen molar-refractivity contribution >= 4 is 50.9 Å². The Morgan fingerprint density at radius 3 is 2.52 bits per heavy atom. The highest BCUT2D eigenvalue weighted by molar-refractivity contribution is 9.10. The van der Waals surface area contributed by atoms with Gasteiger partial charge >= 0.3 is 0 Å². The van der Waals surface area contributed by atoms with Gasteiger partial charge in [0.2, 0.25) is 11.8 Å². The average molecular weight is 454 g/mol. The fraction of sp³-hybridized carbons (Fsp3) is 0.263. The van der Waals surface area contributed by atoms with Crippen molar-refractivity contribution in [3.05, 3.63) is 52.8 Å². The van der Waals surface area contributed by atoms with Gasteiger partial charge in [-0.1, -0.05) is 28.1 Å². The van der Waals surface area contributed by atoms with Crippen molar-refractivity contribution in [2.45, 2.75) is 11.3 Å². The number of likely N-dealkylation sites (N-methyl/N-ethyl adjacent to an activating group) is 1. The predicted molar refractivity (Wildman–Crippen MR) is 112 cm³/mol.